The van der Waals surface area contributed by atoms with Crippen LogP contribution in [0.4, 0.5) is 5.69 Å². The fourth-order valence-corrected chi connectivity index (χ4v) is 5.16. The molecule has 5 heterocycles. The van der Waals surface area contributed by atoms with Gasteiger partial charge in [-0.25, -0.2) is 9.97 Å². The van der Waals surface area contributed by atoms with Crippen molar-refractivity contribution in [3.05, 3.63) is 63.9 Å². The zero-order valence-corrected chi connectivity index (χ0v) is 19.0. The van der Waals surface area contributed by atoms with Crippen LogP contribution in [-0.2, 0) is 0 Å². The molecule has 0 radical (unpaired) electrons. The lowest BCUT2D eigenvalue weighted by Gasteiger charge is -2.41. The van der Waals surface area contributed by atoms with Crippen molar-refractivity contribution in [2.45, 2.75) is 38.8 Å². The summed E-state index contributed by atoms with van der Waals surface area (Å²) in [5.74, 6) is 0. The zero-order chi connectivity index (χ0) is 22.0. The van der Waals surface area contributed by atoms with Crippen LogP contribution in [0.1, 0.15) is 25.5 Å². The highest BCUT2D eigenvalue weighted by atomic mass is 35.5. The number of piperazine rings is 1. The summed E-state index contributed by atoms with van der Waals surface area (Å²) in [6.45, 7) is 7.26. The first kappa shape index (κ1) is 19.8. The molecule has 4 aromatic heterocycles. The van der Waals surface area contributed by atoms with Crippen LogP contribution in [0.15, 0.2) is 47.7 Å². The molecule has 164 valence electrons. The number of hydrogen-bond donors (Lipinski definition) is 0. The van der Waals surface area contributed by atoms with Gasteiger partial charge in [0.2, 0.25) is 0 Å². The third-order valence-corrected chi connectivity index (χ3v) is 6.90. The predicted molar refractivity (Wildman–Crippen MR) is 127 cm³/mol. The molecular formula is C24H25ClN6O. The van der Waals surface area contributed by atoms with Gasteiger partial charge in [0.25, 0.3) is 5.56 Å². The number of pyridine rings is 2. The summed E-state index contributed by atoms with van der Waals surface area (Å²) in [4.78, 5) is 27.2. The molecule has 6 rings (SSSR count). The number of aromatic nitrogens is 4. The van der Waals surface area contributed by atoms with Crippen molar-refractivity contribution in [1.29, 1.82) is 0 Å². The monoisotopic (exact) mass is 448 g/mol. The second kappa shape index (κ2) is 7.32. The van der Waals surface area contributed by atoms with Crippen molar-refractivity contribution in [2.75, 3.05) is 24.5 Å². The molecule has 1 saturated carbocycles. The SMILES string of the molecule is Cc1cn2cc(-c3cc(=O)n4cc(N5CCN(C6CC6)[C@@H](C)C5)ccc4n3)cc(Cl)c2n1. The fourth-order valence-electron chi connectivity index (χ4n) is 4.90. The third kappa shape index (κ3) is 3.36. The zero-order valence-electron chi connectivity index (χ0n) is 18.2. The van der Waals surface area contributed by atoms with E-state index in [1.54, 1.807) is 10.5 Å². The molecule has 2 fully saturated rings. The van der Waals surface area contributed by atoms with E-state index in [1.165, 1.54) is 12.8 Å². The van der Waals surface area contributed by atoms with Crippen LogP contribution in [-0.4, -0.2) is 55.4 Å². The maximum atomic E-state index is 13.0. The van der Waals surface area contributed by atoms with Gasteiger partial charge in [-0.1, -0.05) is 11.6 Å². The van der Waals surface area contributed by atoms with Gasteiger partial charge in [0.1, 0.15) is 5.65 Å². The summed E-state index contributed by atoms with van der Waals surface area (Å²) in [7, 11) is 0. The van der Waals surface area contributed by atoms with Crippen LogP contribution >= 0.6 is 11.6 Å². The molecule has 8 heteroatoms. The standard InChI is InChI=1S/C24H25ClN6O/c1-15-11-29-13-17(9-20(25)24(29)26-15)21-10-23(32)31-14-19(5-6-22(31)27-21)28-7-8-30(16(2)12-28)18-3-4-18/h5-6,9-11,13-14,16,18H,3-4,7-8,12H2,1-2H3/t16-/m0/s1. The van der Waals surface area contributed by atoms with E-state index < -0.39 is 0 Å². The Morgan fingerprint density at radius 1 is 1.06 bits per heavy atom. The van der Waals surface area contributed by atoms with E-state index in [1.807, 2.05) is 42.0 Å². The van der Waals surface area contributed by atoms with E-state index >= 15 is 0 Å². The Bertz CT molecular complexity index is 1410. The Morgan fingerprint density at radius 2 is 1.91 bits per heavy atom. The van der Waals surface area contributed by atoms with Gasteiger partial charge in [0.05, 0.1) is 22.1 Å². The van der Waals surface area contributed by atoms with Crippen molar-refractivity contribution in [3.63, 3.8) is 0 Å². The summed E-state index contributed by atoms with van der Waals surface area (Å²) in [6, 6.07) is 8.70. The van der Waals surface area contributed by atoms with Gasteiger partial charge < -0.3 is 9.30 Å². The highest BCUT2D eigenvalue weighted by Gasteiger charge is 2.35. The molecule has 0 bridgehead atoms. The molecule has 1 saturated heterocycles. The molecule has 2 aliphatic rings. The summed E-state index contributed by atoms with van der Waals surface area (Å²) < 4.78 is 3.51. The van der Waals surface area contributed by atoms with E-state index in [0.717, 1.165) is 42.6 Å². The minimum absolute atomic E-state index is 0.102. The maximum Gasteiger partial charge on any atom is 0.258 e. The molecule has 0 aromatic carbocycles. The van der Waals surface area contributed by atoms with E-state index in [9.17, 15) is 4.79 Å². The highest BCUT2D eigenvalue weighted by Crippen LogP contribution is 2.31. The second-order valence-electron chi connectivity index (χ2n) is 9.05. The van der Waals surface area contributed by atoms with Crippen LogP contribution in [0.2, 0.25) is 5.02 Å². The van der Waals surface area contributed by atoms with Gasteiger partial charge in [-0.05, 0) is 44.9 Å². The normalized spacial score (nSPS) is 19.8. The van der Waals surface area contributed by atoms with Crippen LogP contribution in [0.3, 0.4) is 0 Å². The van der Waals surface area contributed by atoms with Crippen molar-refractivity contribution < 1.29 is 0 Å². The average molecular weight is 449 g/mol. The Labute approximate surface area is 190 Å². The lowest BCUT2D eigenvalue weighted by atomic mass is 10.1. The second-order valence-corrected chi connectivity index (χ2v) is 9.46. The van der Waals surface area contributed by atoms with Gasteiger partial charge in [0, 0.05) is 61.9 Å². The number of aryl methyl sites for hydroxylation is 1. The van der Waals surface area contributed by atoms with Crippen molar-refractivity contribution in [1.82, 2.24) is 23.7 Å². The molecule has 7 nitrogen and oxygen atoms in total. The van der Waals surface area contributed by atoms with E-state index in [4.69, 9.17) is 16.6 Å². The first-order valence-corrected chi connectivity index (χ1v) is 11.5. The molecule has 4 aromatic rings. The Kier molecular flexibility index (Phi) is 4.52. The Balaban J connectivity index is 1.34. The number of hydrogen-bond acceptors (Lipinski definition) is 5. The maximum absolute atomic E-state index is 13.0. The molecule has 32 heavy (non-hydrogen) atoms. The first-order chi connectivity index (χ1) is 15.5. The lowest BCUT2D eigenvalue weighted by molar-refractivity contribution is 0.180. The van der Waals surface area contributed by atoms with Gasteiger partial charge in [-0.3, -0.25) is 14.1 Å². The number of halogens is 1. The van der Waals surface area contributed by atoms with Crippen molar-refractivity contribution in [3.8, 4) is 11.3 Å². The third-order valence-electron chi connectivity index (χ3n) is 6.63. The molecule has 1 aliphatic carbocycles. The van der Waals surface area contributed by atoms with E-state index in [0.29, 0.717) is 28.1 Å². The van der Waals surface area contributed by atoms with Gasteiger partial charge in [-0.2, -0.15) is 0 Å². The molecule has 1 atom stereocenters. The van der Waals surface area contributed by atoms with E-state index in [2.05, 4.69) is 27.8 Å². The molecule has 1 aliphatic heterocycles. The van der Waals surface area contributed by atoms with Crippen molar-refractivity contribution in [2.24, 2.45) is 0 Å². The van der Waals surface area contributed by atoms with Gasteiger partial charge in [0.15, 0.2) is 5.65 Å². The first-order valence-electron chi connectivity index (χ1n) is 11.2. The van der Waals surface area contributed by atoms with Crippen LogP contribution in [0, 0.1) is 6.92 Å². The molecular weight excluding hydrogens is 424 g/mol. The summed E-state index contributed by atoms with van der Waals surface area (Å²) in [5, 5.41) is 0.535. The largest absolute Gasteiger partial charge is 0.367 e. The smallest absolute Gasteiger partial charge is 0.258 e. The van der Waals surface area contributed by atoms with E-state index in [-0.39, 0.29) is 5.56 Å². The molecule has 0 amide bonds. The van der Waals surface area contributed by atoms with Crippen molar-refractivity contribution >= 4 is 28.6 Å². The predicted octanol–water partition coefficient (Wildman–Crippen LogP) is 3.64. The molecule has 0 unspecified atom stereocenters. The van der Waals surface area contributed by atoms with Gasteiger partial charge >= 0.3 is 0 Å². The molecule has 0 N–H and O–H groups in total. The summed E-state index contributed by atoms with van der Waals surface area (Å²) in [6.07, 6.45) is 8.41. The average Bonchev–Trinajstić information content (AvgIpc) is 3.54. The number of anilines is 1. The Hall–Kier alpha value is -2.90. The lowest BCUT2D eigenvalue weighted by Crippen LogP contribution is -2.52. The van der Waals surface area contributed by atoms with Crippen LogP contribution in [0.25, 0.3) is 22.6 Å². The Morgan fingerprint density at radius 3 is 2.69 bits per heavy atom. The summed E-state index contributed by atoms with van der Waals surface area (Å²) in [5.41, 5.74) is 4.56. The van der Waals surface area contributed by atoms with Crippen LogP contribution in [0.5, 0.6) is 0 Å². The number of nitrogens with zero attached hydrogens (tertiary/aromatic N) is 6. The van der Waals surface area contributed by atoms with Gasteiger partial charge in [-0.15, -0.1) is 0 Å². The minimum atomic E-state index is -0.102. The minimum Gasteiger partial charge on any atom is -0.367 e. The fraction of sp³-hybridized carbons (Fsp3) is 0.375. The topological polar surface area (TPSA) is 58.2 Å². The molecule has 0 spiro atoms. The number of fused-ring (bicyclic) bond motifs is 2. The number of rotatable bonds is 3. The summed E-state index contributed by atoms with van der Waals surface area (Å²) >= 11 is 6.43. The quantitative estimate of drug-likeness (QED) is 0.479. The highest BCUT2D eigenvalue weighted by molar-refractivity contribution is 6.33. The van der Waals surface area contributed by atoms with Crippen LogP contribution < -0.4 is 10.5 Å². The number of imidazole rings is 1.